The molecule has 3 rings (SSSR count). The first kappa shape index (κ1) is 13.6. The molecular weight excluding hydrogens is 292 g/mol. The van der Waals surface area contributed by atoms with Crippen molar-refractivity contribution >= 4 is 27.0 Å². The lowest BCUT2D eigenvalue weighted by molar-refractivity contribution is 0.586. The molecule has 4 nitrogen and oxygen atoms in total. The van der Waals surface area contributed by atoms with E-state index in [-0.39, 0.29) is 6.04 Å². The van der Waals surface area contributed by atoms with E-state index in [0.29, 0.717) is 10.8 Å². The number of hydrogen-bond acceptors (Lipinski definition) is 4. The fraction of sp³-hybridized carbons (Fsp3) is 0.286. The summed E-state index contributed by atoms with van der Waals surface area (Å²) in [6.45, 7) is 2.31. The van der Waals surface area contributed by atoms with Gasteiger partial charge >= 0.3 is 0 Å². The van der Waals surface area contributed by atoms with Gasteiger partial charge in [0.2, 0.25) is 0 Å². The van der Waals surface area contributed by atoms with Crippen molar-refractivity contribution in [3.05, 3.63) is 46.8 Å². The highest BCUT2D eigenvalue weighted by molar-refractivity contribution is 7.94. The molecule has 2 N–H and O–H groups in total. The van der Waals surface area contributed by atoms with Crippen LogP contribution in [-0.2, 0) is 23.0 Å². The highest BCUT2D eigenvalue weighted by Crippen LogP contribution is 2.37. The molecule has 1 aromatic heterocycles. The number of anilines is 1. The molecule has 0 saturated heterocycles. The van der Waals surface area contributed by atoms with Gasteiger partial charge in [-0.25, -0.2) is 8.42 Å². The van der Waals surface area contributed by atoms with Crippen LogP contribution in [0.25, 0.3) is 0 Å². The Labute approximate surface area is 122 Å². The van der Waals surface area contributed by atoms with Gasteiger partial charge in [0.05, 0.1) is 5.69 Å². The number of thiophene rings is 1. The second kappa shape index (κ2) is 4.87. The predicted molar refractivity (Wildman–Crippen MR) is 81.5 cm³/mol. The van der Waals surface area contributed by atoms with Crippen LogP contribution in [0.4, 0.5) is 5.69 Å². The van der Waals surface area contributed by atoms with Crippen LogP contribution in [0.1, 0.15) is 17.4 Å². The Morgan fingerprint density at radius 3 is 2.75 bits per heavy atom. The minimum atomic E-state index is -3.49. The molecule has 0 fully saturated rings. The van der Waals surface area contributed by atoms with Crippen LogP contribution in [0, 0.1) is 0 Å². The molecule has 0 spiro atoms. The molecule has 6 heteroatoms. The van der Waals surface area contributed by atoms with Gasteiger partial charge in [-0.05, 0) is 37.1 Å². The molecule has 1 aliphatic heterocycles. The predicted octanol–water partition coefficient (Wildman–Crippen LogP) is 2.35. The lowest BCUT2D eigenvalue weighted by Gasteiger charge is -2.23. The molecule has 1 aliphatic rings. The highest BCUT2D eigenvalue weighted by Gasteiger charge is 2.36. The molecule has 2 aromatic rings. The standard InChI is InChI=1S/C14H16N2O2S2/c1-10-8-11-4-2-3-5-13(11)16(10)20(17,18)14-7-6-12(9-15)19-14/h2-7,10H,8-9,15H2,1H3. The summed E-state index contributed by atoms with van der Waals surface area (Å²) < 4.78 is 27.6. The zero-order valence-electron chi connectivity index (χ0n) is 11.1. The zero-order chi connectivity index (χ0) is 14.3. The van der Waals surface area contributed by atoms with Gasteiger partial charge in [-0.3, -0.25) is 4.31 Å². The van der Waals surface area contributed by atoms with Gasteiger partial charge in [0.1, 0.15) is 4.21 Å². The number of nitrogens with two attached hydrogens (primary N) is 1. The summed E-state index contributed by atoms with van der Waals surface area (Å²) in [5.41, 5.74) is 7.44. The third-order valence-corrected chi connectivity index (χ3v) is 7.00. The summed E-state index contributed by atoms with van der Waals surface area (Å²) in [6, 6.07) is 11.0. The Kier molecular flexibility index (Phi) is 3.32. The third-order valence-electron chi connectivity index (χ3n) is 3.50. The highest BCUT2D eigenvalue weighted by atomic mass is 32.2. The van der Waals surface area contributed by atoms with Gasteiger partial charge in [0.15, 0.2) is 0 Å². The average molecular weight is 308 g/mol. The van der Waals surface area contributed by atoms with Crippen LogP contribution in [0.2, 0.25) is 0 Å². The topological polar surface area (TPSA) is 63.4 Å². The fourth-order valence-electron chi connectivity index (χ4n) is 2.61. The van der Waals surface area contributed by atoms with Crippen LogP contribution < -0.4 is 10.0 Å². The first-order chi connectivity index (χ1) is 9.54. The number of rotatable bonds is 3. The van der Waals surface area contributed by atoms with Crippen molar-refractivity contribution in [1.82, 2.24) is 0 Å². The van der Waals surface area contributed by atoms with Crippen LogP contribution >= 0.6 is 11.3 Å². The second-order valence-electron chi connectivity index (χ2n) is 4.91. The van der Waals surface area contributed by atoms with E-state index in [9.17, 15) is 8.42 Å². The SMILES string of the molecule is CC1Cc2ccccc2N1S(=O)(=O)c1ccc(CN)s1. The number of sulfonamides is 1. The molecule has 106 valence electrons. The third kappa shape index (κ3) is 2.04. The van der Waals surface area contributed by atoms with Crippen LogP contribution in [0.3, 0.4) is 0 Å². The Hall–Kier alpha value is -1.37. The number of fused-ring (bicyclic) bond motifs is 1. The van der Waals surface area contributed by atoms with Crippen molar-refractivity contribution in [2.75, 3.05) is 4.31 Å². The Balaban J connectivity index is 2.07. The Bertz CT molecular complexity index is 737. The van der Waals surface area contributed by atoms with Crippen molar-refractivity contribution in [1.29, 1.82) is 0 Å². The van der Waals surface area contributed by atoms with Crippen molar-refractivity contribution in [3.8, 4) is 0 Å². The summed E-state index contributed by atoms with van der Waals surface area (Å²) in [4.78, 5) is 0.878. The molecule has 1 atom stereocenters. The molecule has 0 saturated carbocycles. The minimum absolute atomic E-state index is 0.0548. The molecule has 2 heterocycles. The van der Waals surface area contributed by atoms with E-state index in [1.807, 2.05) is 31.2 Å². The van der Waals surface area contributed by atoms with Crippen molar-refractivity contribution in [2.45, 2.75) is 30.1 Å². The average Bonchev–Trinajstić information content (AvgIpc) is 3.01. The lowest BCUT2D eigenvalue weighted by atomic mass is 10.1. The van der Waals surface area contributed by atoms with E-state index in [0.717, 1.165) is 22.5 Å². The summed E-state index contributed by atoms with van der Waals surface area (Å²) in [5.74, 6) is 0. The Morgan fingerprint density at radius 2 is 2.05 bits per heavy atom. The van der Waals surface area contributed by atoms with Crippen LogP contribution in [0.15, 0.2) is 40.6 Å². The minimum Gasteiger partial charge on any atom is -0.326 e. The first-order valence-electron chi connectivity index (χ1n) is 6.45. The first-order valence-corrected chi connectivity index (χ1v) is 8.71. The number of hydrogen-bond donors (Lipinski definition) is 1. The monoisotopic (exact) mass is 308 g/mol. The van der Waals surface area contributed by atoms with Gasteiger partial charge in [-0.1, -0.05) is 18.2 Å². The van der Waals surface area contributed by atoms with E-state index < -0.39 is 10.0 Å². The van der Waals surface area contributed by atoms with Crippen LogP contribution in [-0.4, -0.2) is 14.5 Å². The lowest BCUT2D eigenvalue weighted by Crippen LogP contribution is -2.35. The number of nitrogens with zero attached hydrogens (tertiary/aromatic N) is 1. The summed E-state index contributed by atoms with van der Waals surface area (Å²) in [7, 11) is -3.49. The largest absolute Gasteiger partial charge is 0.326 e. The summed E-state index contributed by atoms with van der Waals surface area (Å²) in [5, 5.41) is 0. The van der Waals surface area contributed by atoms with E-state index in [1.165, 1.54) is 15.6 Å². The van der Waals surface area contributed by atoms with Gasteiger partial charge in [0.25, 0.3) is 10.0 Å². The molecule has 0 radical (unpaired) electrons. The zero-order valence-corrected chi connectivity index (χ0v) is 12.7. The van der Waals surface area contributed by atoms with E-state index in [1.54, 1.807) is 12.1 Å². The quantitative estimate of drug-likeness (QED) is 0.946. The maximum atomic E-state index is 12.8. The Morgan fingerprint density at radius 1 is 1.30 bits per heavy atom. The molecule has 0 aliphatic carbocycles. The molecule has 0 bridgehead atoms. The van der Waals surface area contributed by atoms with Gasteiger partial charge in [-0.2, -0.15) is 0 Å². The van der Waals surface area contributed by atoms with Gasteiger partial charge in [-0.15, -0.1) is 11.3 Å². The molecule has 1 aromatic carbocycles. The summed E-state index contributed by atoms with van der Waals surface area (Å²) >= 11 is 1.25. The van der Waals surface area contributed by atoms with Gasteiger partial charge < -0.3 is 5.73 Å². The van der Waals surface area contributed by atoms with E-state index in [2.05, 4.69) is 0 Å². The smallest absolute Gasteiger partial charge is 0.274 e. The van der Waals surface area contributed by atoms with E-state index in [4.69, 9.17) is 5.73 Å². The van der Waals surface area contributed by atoms with Gasteiger partial charge in [0, 0.05) is 17.5 Å². The fourth-order valence-corrected chi connectivity index (χ4v) is 5.62. The van der Waals surface area contributed by atoms with Crippen molar-refractivity contribution in [3.63, 3.8) is 0 Å². The van der Waals surface area contributed by atoms with Crippen molar-refractivity contribution in [2.24, 2.45) is 5.73 Å². The number of benzene rings is 1. The van der Waals surface area contributed by atoms with Crippen molar-refractivity contribution < 1.29 is 8.42 Å². The van der Waals surface area contributed by atoms with Crippen LogP contribution in [0.5, 0.6) is 0 Å². The van der Waals surface area contributed by atoms with E-state index >= 15 is 0 Å². The summed E-state index contributed by atoms with van der Waals surface area (Å²) in [6.07, 6.45) is 0.754. The number of para-hydroxylation sites is 1. The molecule has 20 heavy (non-hydrogen) atoms. The molecular formula is C14H16N2O2S2. The molecule has 1 unspecified atom stereocenters. The maximum Gasteiger partial charge on any atom is 0.274 e. The normalized spacial score (nSPS) is 18.3. The maximum absolute atomic E-state index is 12.8. The molecule has 0 amide bonds. The second-order valence-corrected chi connectivity index (χ2v) is 8.12.